The molecule has 0 aliphatic rings. The number of anilines is 1. The van der Waals surface area contributed by atoms with E-state index in [4.69, 9.17) is 0 Å². The number of non-ortho nitro benzene ring substituents is 1. The van der Waals surface area contributed by atoms with Crippen molar-refractivity contribution in [2.24, 2.45) is 5.10 Å². The second-order valence-corrected chi connectivity index (χ2v) is 7.81. The molecule has 168 valence electrons. The van der Waals surface area contributed by atoms with Gasteiger partial charge in [-0.25, -0.2) is 0 Å². The number of hydrogen-bond donors (Lipinski definition) is 1. The Labute approximate surface area is 179 Å². The van der Waals surface area contributed by atoms with Gasteiger partial charge in [-0.15, -0.1) is 0 Å². The molecule has 30 heavy (non-hydrogen) atoms. The third kappa shape index (κ3) is 10.9. The fraction of sp³-hybridized carbons (Fsp3) is 0.682. The highest BCUT2D eigenvalue weighted by atomic mass is 16.6. The SMILES string of the molecule is CCCCCCCCCCCCCCC(C)=NNc1ccc([N+](=O)[O-])cc1[N+](=O)[O-]. The molecule has 1 aromatic carbocycles. The Morgan fingerprint density at radius 1 is 0.867 bits per heavy atom. The molecule has 1 rings (SSSR count). The molecule has 8 nitrogen and oxygen atoms in total. The van der Waals surface area contributed by atoms with E-state index in [2.05, 4.69) is 17.5 Å². The highest BCUT2D eigenvalue weighted by Crippen LogP contribution is 2.29. The zero-order valence-corrected chi connectivity index (χ0v) is 18.4. The third-order valence-electron chi connectivity index (χ3n) is 5.15. The van der Waals surface area contributed by atoms with Crippen LogP contribution in [0.25, 0.3) is 0 Å². The lowest BCUT2D eigenvalue weighted by Crippen LogP contribution is -2.01. The second kappa shape index (κ2) is 15.3. The van der Waals surface area contributed by atoms with E-state index in [-0.39, 0.29) is 17.1 Å². The molecular weight excluding hydrogens is 384 g/mol. The highest BCUT2D eigenvalue weighted by Gasteiger charge is 2.19. The van der Waals surface area contributed by atoms with Gasteiger partial charge in [0.2, 0.25) is 0 Å². The summed E-state index contributed by atoms with van der Waals surface area (Å²) in [7, 11) is 0. The molecule has 0 fully saturated rings. The topological polar surface area (TPSA) is 111 Å². The molecule has 0 aliphatic heterocycles. The molecule has 0 atom stereocenters. The molecule has 1 aromatic rings. The molecule has 0 saturated heterocycles. The number of hydrogen-bond acceptors (Lipinski definition) is 6. The van der Waals surface area contributed by atoms with Gasteiger partial charge < -0.3 is 0 Å². The standard InChI is InChI=1S/C22H36N4O4/c1-3-4-5-6-7-8-9-10-11-12-13-14-15-19(2)23-24-21-17-16-20(25(27)28)18-22(21)26(29)30/h16-18,24H,3-15H2,1-2H3. The molecule has 0 bridgehead atoms. The van der Waals surface area contributed by atoms with Crippen molar-refractivity contribution in [1.82, 2.24) is 0 Å². The van der Waals surface area contributed by atoms with E-state index in [0.29, 0.717) is 0 Å². The van der Waals surface area contributed by atoms with Crippen LogP contribution in [0.15, 0.2) is 23.3 Å². The lowest BCUT2D eigenvalue weighted by molar-refractivity contribution is -0.393. The van der Waals surface area contributed by atoms with Gasteiger partial charge in [-0.1, -0.05) is 77.6 Å². The first-order chi connectivity index (χ1) is 14.5. The van der Waals surface area contributed by atoms with Crippen molar-refractivity contribution in [3.8, 4) is 0 Å². The predicted octanol–water partition coefficient (Wildman–Crippen LogP) is 7.38. The monoisotopic (exact) mass is 420 g/mol. The van der Waals surface area contributed by atoms with Crippen LogP contribution in [0.5, 0.6) is 0 Å². The fourth-order valence-electron chi connectivity index (χ4n) is 3.31. The number of nitro groups is 2. The van der Waals surface area contributed by atoms with Crippen LogP contribution >= 0.6 is 0 Å². The van der Waals surface area contributed by atoms with Gasteiger partial charge in [0.1, 0.15) is 5.69 Å². The largest absolute Gasteiger partial charge is 0.301 e. The van der Waals surface area contributed by atoms with Gasteiger partial charge >= 0.3 is 5.69 Å². The Morgan fingerprint density at radius 2 is 1.40 bits per heavy atom. The van der Waals surface area contributed by atoms with Gasteiger partial charge in [-0.05, 0) is 25.8 Å². The summed E-state index contributed by atoms with van der Waals surface area (Å²) < 4.78 is 0. The fourth-order valence-corrected chi connectivity index (χ4v) is 3.31. The van der Waals surface area contributed by atoms with Gasteiger partial charge in [-0.2, -0.15) is 5.10 Å². The minimum atomic E-state index is -0.654. The highest BCUT2D eigenvalue weighted by molar-refractivity contribution is 5.83. The maximum atomic E-state index is 11.1. The Bertz CT molecular complexity index is 692. The number of nitrogens with zero attached hydrogens (tertiary/aromatic N) is 3. The van der Waals surface area contributed by atoms with Crippen LogP contribution in [0.1, 0.15) is 97.3 Å². The molecule has 0 saturated carbocycles. The Balaban J connectivity index is 2.21. The zero-order chi connectivity index (χ0) is 22.2. The molecule has 0 aromatic heterocycles. The zero-order valence-electron chi connectivity index (χ0n) is 18.4. The van der Waals surface area contributed by atoms with Crippen molar-refractivity contribution in [2.45, 2.75) is 97.3 Å². The minimum absolute atomic E-state index is 0.152. The quantitative estimate of drug-likeness (QED) is 0.122. The molecule has 0 radical (unpaired) electrons. The van der Waals surface area contributed by atoms with E-state index in [1.165, 1.54) is 76.3 Å². The molecule has 1 N–H and O–H groups in total. The van der Waals surface area contributed by atoms with Crippen molar-refractivity contribution in [3.63, 3.8) is 0 Å². The van der Waals surface area contributed by atoms with Crippen LogP contribution in [0, 0.1) is 20.2 Å². The molecule has 0 unspecified atom stereocenters. The molecule has 0 spiro atoms. The van der Waals surface area contributed by atoms with Gasteiger partial charge in [0, 0.05) is 11.8 Å². The van der Waals surface area contributed by atoms with Crippen molar-refractivity contribution >= 4 is 22.8 Å². The van der Waals surface area contributed by atoms with E-state index in [0.717, 1.165) is 31.0 Å². The molecular formula is C22H36N4O4. The van der Waals surface area contributed by atoms with Crippen LogP contribution in [-0.2, 0) is 0 Å². The normalized spacial score (nSPS) is 11.5. The Hall–Kier alpha value is -2.51. The maximum Gasteiger partial charge on any atom is 0.301 e. The van der Waals surface area contributed by atoms with E-state index in [9.17, 15) is 20.2 Å². The van der Waals surface area contributed by atoms with Crippen molar-refractivity contribution in [3.05, 3.63) is 38.4 Å². The van der Waals surface area contributed by atoms with Crippen molar-refractivity contribution in [2.75, 3.05) is 5.43 Å². The van der Waals surface area contributed by atoms with Crippen LogP contribution in [-0.4, -0.2) is 15.6 Å². The summed E-state index contributed by atoms with van der Waals surface area (Å²) in [6.45, 7) is 4.12. The summed E-state index contributed by atoms with van der Waals surface area (Å²) in [6.07, 6.45) is 16.3. The third-order valence-corrected chi connectivity index (χ3v) is 5.15. The van der Waals surface area contributed by atoms with Crippen LogP contribution in [0.2, 0.25) is 0 Å². The summed E-state index contributed by atoms with van der Waals surface area (Å²) in [4.78, 5) is 20.6. The summed E-state index contributed by atoms with van der Waals surface area (Å²) in [5.74, 6) is 0. The predicted molar refractivity (Wildman–Crippen MR) is 122 cm³/mol. The smallest absolute Gasteiger partial charge is 0.272 e. The average molecular weight is 421 g/mol. The van der Waals surface area contributed by atoms with Crippen LogP contribution in [0.4, 0.5) is 17.1 Å². The summed E-state index contributed by atoms with van der Waals surface area (Å²) in [6, 6.07) is 3.49. The second-order valence-electron chi connectivity index (χ2n) is 7.81. The molecule has 0 aliphatic carbocycles. The van der Waals surface area contributed by atoms with E-state index >= 15 is 0 Å². The summed E-state index contributed by atoms with van der Waals surface area (Å²) in [5, 5.41) is 26.1. The van der Waals surface area contributed by atoms with Crippen LogP contribution in [0.3, 0.4) is 0 Å². The first-order valence-corrected chi connectivity index (χ1v) is 11.2. The van der Waals surface area contributed by atoms with Crippen molar-refractivity contribution in [1.29, 1.82) is 0 Å². The Kier molecular flexibility index (Phi) is 13.1. The minimum Gasteiger partial charge on any atom is -0.272 e. The number of benzene rings is 1. The van der Waals surface area contributed by atoms with Gasteiger partial charge in [0.15, 0.2) is 0 Å². The number of hydrazone groups is 1. The van der Waals surface area contributed by atoms with E-state index in [1.54, 1.807) is 0 Å². The van der Waals surface area contributed by atoms with E-state index < -0.39 is 9.85 Å². The van der Waals surface area contributed by atoms with E-state index in [1.807, 2.05) is 6.92 Å². The number of nitrogens with one attached hydrogen (secondary N) is 1. The van der Waals surface area contributed by atoms with Gasteiger partial charge in [-0.3, -0.25) is 25.7 Å². The summed E-state index contributed by atoms with van der Waals surface area (Å²) >= 11 is 0. The van der Waals surface area contributed by atoms with Crippen LogP contribution < -0.4 is 5.43 Å². The van der Waals surface area contributed by atoms with Gasteiger partial charge in [0.05, 0.1) is 15.9 Å². The summed E-state index contributed by atoms with van der Waals surface area (Å²) in [5.41, 5.74) is 3.02. The molecule has 8 heteroatoms. The number of unbranched alkanes of at least 4 members (excludes halogenated alkanes) is 11. The molecule has 0 amide bonds. The lowest BCUT2D eigenvalue weighted by atomic mass is 10.0. The number of nitro benzene ring substituents is 2. The first-order valence-electron chi connectivity index (χ1n) is 11.2. The van der Waals surface area contributed by atoms with Gasteiger partial charge in [0.25, 0.3) is 5.69 Å². The Morgan fingerprint density at radius 3 is 1.90 bits per heavy atom. The number of rotatable bonds is 17. The first kappa shape index (κ1) is 25.5. The van der Waals surface area contributed by atoms with Crippen molar-refractivity contribution < 1.29 is 9.85 Å². The average Bonchev–Trinajstić information content (AvgIpc) is 2.72. The maximum absolute atomic E-state index is 11.1. The lowest BCUT2D eigenvalue weighted by Gasteiger charge is -2.05. The molecule has 0 heterocycles.